The number of anilines is 1. The SMILES string of the molecule is CN(C)c1ncc(C(=O)O)c(=S)[nH]1. The number of aromatic nitrogens is 2. The first-order valence-corrected chi connectivity index (χ1v) is 3.93. The monoisotopic (exact) mass is 199 g/mol. The number of hydrogen-bond donors (Lipinski definition) is 2. The molecule has 0 saturated carbocycles. The molecular formula is C7H9N3O2S. The maximum atomic E-state index is 10.6. The first-order valence-electron chi connectivity index (χ1n) is 3.52. The van der Waals surface area contributed by atoms with E-state index >= 15 is 0 Å². The summed E-state index contributed by atoms with van der Waals surface area (Å²) < 4.78 is 0.186. The van der Waals surface area contributed by atoms with Gasteiger partial charge in [0.15, 0.2) is 0 Å². The van der Waals surface area contributed by atoms with E-state index in [9.17, 15) is 4.79 Å². The zero-order valence-corrected chi connectivity index (χ0v) is 8.05. The molecule has 0 bridgehead atoms. The summed E-state index contributed by atoms with van der Waals surface area (Å²) in [4.78, 5) is 18.9. The van der Waals surface area contributed by atoms with Crippen molar-refractivity contribution in [3.63, 3.8) is 0 Å². The van der Waals surface area contributed by atoms with Crippen LogP contribution in [-0.4, -0.2) is 35.1 Å². The molecule has 70 valence electrons. The van der Waals surface area contributed by atoms with Gasteiger partial charge in [-0.2, -0.15) is 0 Å². The van der Waals surface area contributed by atoms with E-state index in [1.165, 1.54) is 6.20 Å². The lowest BCUT2D eigenvalue weighted by atomic mass is 10.3. The summed E-state index contributed by atoms with van der Waals surface area (Å²) in [5, 5.41) is 8.65. The van der Waals surface area contributed by atoms with Crippen molar-refractivity contribution < 1.29 is 9.90 Å². The molecule has 1 aromatic heterocycles. The second-order valence-electron chi connectivity index (χ2n) is 2.65. The molecule has 0 amide bonds. The van der Waals surface area contributed by atoms with Crippen molar-refractivity contribution in [3.8, 4) is 0 Å². The highest BCUT2D eigenvalue weighted by atomic mass is 32.1. The van der Waals surface area contributed by atoms with Gasteiger partial charge in [-0.25, -0.2) is 9.78 Å². The number of hydrogen-bond acceptors (Lipinski definition) is 4. The summed E-state index contributed by atoms with van der Waals surface area (Å²) in [7, 11) is 3.57. The van der Waals surface area contributed by atoms with Crippen LogP contribution in [0.5, 0.6) is 0 Å². The number of carboxylic acid groups (broad SMARTS) is 1. The van der Waals surface area contributed by atoms with Gasteiger partial charge in [0.05, 0.1) is 0 Å². The van der Waals surface area contributed by atoms with Gasteiger partial charge in [-0.3, -0.25) is 0 Å². The number of aromatic amines is 1. The minimum Gasteiger partial charge on any atom is -0.478 e. The molecule has 5 nitrogen and oxygen atoms in total. The standard InChI is InChI=1S/C7H9N3O2S/c1-10(2)7-8-3-4(6(11)12)5(13)9-7/h3H,1-2H3,(H,11,12)(H,8,9,13). The molecule has 0 unspecified atom stereocenters. The molecule has 1 aromatic rings. The van der Waals surface area contributed by atoms with Crippen LogP contribution >= 0.6 is 12.2 Å². The molecule has 0 spiro atoms. The van der Waals surface area contributed by atoms with Gasteiger partial charge in [0.25, 0.3) is 0 Å². The Morgan fingerprint density at radius 2 is 2.31 bits per heavy atom. The lowest BCUT2D eigenvalue weighted by molar-refractivity contribution is 0.0695. The third-order valence-corrected chi connectivity index (χ3v) is 1.76. The van der Waals surface area contributed by atoms with Gasteiger partial charge in [-0.15, -0.1) is 0 Å². The Kier molecular flexibility index (Phi) is 2.62. The quantitative estimate of drug-likeness (QED) is 0.693. The summed E-state index contributed by atoms with van der Waals surface area (Å²) in [6, 6.07) is 0. The van der Waals surface area contributed by atoms with Gasteiger partial charge in [0.1, 0.15) is 10.2 Å². The van der Waals surface area contributed by atoms with Crippen molar-refractivity contribution in [1.29, 1.82) is 0 Å². The molecule has 13 heavy (non-hydrogen) atoms. The molecule has 0 aromatic carbocycles. The van der Waals surface area contributed by atoms with Crippen LogP contribution in [0.2, 0.25) is 0 Å². The predicted molar refractivity (Wildman–Crippen MR) is 50.7 cm³/mol. The average Bonchev–Trinajstić information content (AvgIpc) is 2.03. The molecule has 0 atom stereocenters. The first kappa shape index (κ1) is 9.66. The molecule has 6 heteroatoms. The minimum absolute atomic E-state index is 0.0144. The number of H-pyrrole nitrogens is 1. The molecule has 0 radical (unpaired) electrons. The highest BCUT2D eigenvalue weighted by molar-refractivity contribution is 7.71. The second-order valence-corrected chi connectivity index (χ2v) is 3.06. The number of carbonyl (C=O) groups is 1. The largest absolute Gasteiger partial charge is 0.478 e. The number of carboxylic acids is 1. The Balaban J connectivity index is 3.21. The highest BCUT2D eigenvalue weighted by Crippen LogP contribution is 2.05. The van der Waals surface area contributed by atoms with Crippen LogP contribution in [-0.2, 0) is 0 Å². The number of nitrogens with one attached hydrogen (secondary N) is 1. The molecule has 0 aliphatic heterocycles. The fourth-order valence-electron chi connectivity index (χ4n) is 0.765. The van der Waals surface area contributed by atoms with E-state index < -0.39 is 5.97 Å². The van der Waals surface area contributed by atoms with E-state index in [-0.39, 0.29) is 10.2 Å². The van der Waals surface area contributed by atoms with Crippen molar-refractivity contribution in [1.82, 2.24) is 9.97 Å². The van der Waals surface area contributed by atoms with Crippen LogP contribution in [0.4, 0.5) is 5.95 Å². The molecular weight excluding hydrogens is 190 g/mol. The van der Waals surface area contributed by atoms with Crippen LogP contribution in [0.15, 0.2) is 6.20 Å². The van der Waals surface area contributed by atoms with Gasteiger partial charge in [0.2, 0.25) is 5.95 Å². The number of rotatable bonds is 2. The van der Waals surface area contributed by atoms with E-state index in [0.717, 1.165) is 0 Å². The zero-order chi connectivity index (χ0) is 10.0. The van der Waals surface area contributed by atoms with Gasteiger partial charge in [0, 0.05) is 20.3 Å². The van der Waals surface area contributed by atoms with E-state index in [4.69, 9.17) is 17.3 Å². The summed E-state index contributed by atoms with van der Waals surface area (Å²) in [5.74, 6) is -0.533. The van der Waals surface area contributed by atoms with E-state index in [0.29, 0.717) is 5.95 Å². The molecule has 0 aliphatic rings. The maximum absolute atomic E-state index is 10.6. The van der Waals surface area contributed by atoms with Crippen molar-refractivity contribution >= 4 is 24.1 Å². The van der Waals surface area contributed by atoms with Crippen LogP contribution in [0.25, 0.3) is 0 Å². The Labute approximate surface area is 80.0 Å². The Morgan fingerprint density at radius 3 is 2.69 bits per heavy atom. The highest BCUT2D eigenvalue weighted by Gasteiger charge is 2.07. The minimum atomic E-state index is -1.07. The van der Waals surface area contributed by atoms with Crippen LogP contribution in [0.3, 0.4) is 0 Å². The Bertz CT molecular complexity index is 386. The van der Waals surface area contributed by atoms with Crippen LogP contribution in [0.1, 0.15) is 10.4 Å². The van der Waals surface area contributed by atoms with Gasteiger partial charge in [-0.1, -0.05) is 12.2 Å². The number of nitrogens with zero attached hydrogens (tertiary/aromatic N) is 2. The fourth-order valence-corrected chi connectivity index (χ4v) is 0.996. The first-order chi connectivity index (χ1) is 6.02. The van der Waals surface area contributed by atoms with Crippen LogP contribution in [0, 0.1) is 4.64 Å². The summed E-state index contributed by atoms with van der Waals surface area (Å²) >= 11 is 4.83. The molecule has 1 rings (SSSR count). The van der Waals surface area contributed by atoms with Crippen molar-refractivity contribution in [3.05, 3.63) is 16.4 Å². The zero-order valence-electron chi connectivity index (χ0n) is 7.24. The van der Waals surface area contributed by atoms with Crippen molar-refractivity contribution in [2.75, 3.05) is 19.0 Å². The molecule has 1 heterocycles. The predicted octanol–water partition coefficient (Wildman–Crippen LogP) is 0.903. The van der Waals surface area contributed by atoms with Crippen molar-refractivity contribution in [2.24, 2.45) is 0 Å². The van der Waals surface area contributed by atoms with Gasteiger partial charge in [-0.05, 0) is 0 Å². The lowest BCUT2D eigenvalue weighted by Gasteiger charge is -2.10. The van der Waals surface area contributed by atoms with Crippen LogP contribution < -0.4 is 4.90 Å². The summed E-state index contributed by atoms with van der Waals surface area (Å²) in [6.45, 7) is 0. The summed E-state index contributed by atoms with van der Waals surface area (Å²) in [5.41, 5.74) is 0.0144. The third-order valence-electron chi connectivity index (χ3n) is 1.44. The molecule has 0 fully saturated rings. The van der Waals surface area contributed by atoms with E-state index in [1.54, 1.807) is 19.0 Å². The van der Waals surface area contributed by atoms with Crippen molar-refractivity contribution in [2.45, 2.75) is 0 Å². The topological polar surface area (TPSA) is 69.2 Å². The second kappa shape index (κ2) is 3.53. The van der Waals surface area contributed by atoms with Gasteiger partial charge >= 0.3 is 5.97 Å². The molecule has 0 saturated heterocycles. The normalized spacial score (nSPS) is 9.69. The average molecular weight is 199 g/mol. The van der Waals surface area contributed by atoms with E-state index in [1.807, 2.05) is 0 Å². The molecule has 2 N–H and O–H groups in total. The van der Waals surface area contributed by atoms with E-state index in [2.05, 4.69) is 9.97 Å². The molecule has 0 aliphatic carbocycles. The number of aromatic carboxylic acids is 1. The summed E-state index contributed by atoms with van der Waals surface area (Å²) in [6.07, 6.45) is 1.25. The van der Waals surface area contributed by atoms with Gasteiger partial charge < -0.3 is 15.0 Å². The Morgan fingerprint density at radius 1 is 1.69 bits per heavy atom. The fraction of sp³-hybridized carbons (Fsp3) is 0.286. The third kappa shape index (κ3) is 2.03. The maximum Gasteiger partial charge on any atom is 0.340 e. The lowest BCUT2D eigenvalue weighted by Crippen LogP contribution is -2.13. The smallest absolute Gasteiger partial charge is 0.340 e. The Hall–Kier alpha value is -1.43.